The molecule has 0 aliphatic carbocycles. The molecule has 1 aliphatic rings. The molecule has 0 radical (unpaired) electrons. The second-order valence-corrected chi connectivity index (χ2v) is 8.24. The molecule has 0 saturated heterocycles. The largest absolute Gasteiger partial charge is 0.467 e. The number of fused-ring (bicyclic) bond motifs is 1. The molecule has 0 saturated carbocycles. The smallest absolute Gasteiger partial charge is 0.329 e. The first kappa shape index (κ1) is 18.4. The number of hydrogen-bond acceptors (Lipinski definition) is 6. The second-order valence-electron chi connectivity index (χ2n) is 5.51. The van der Waals surface area contributed by atoms with E-state index in [2.05, 4.69) is 0 Å². The number of hydrogen-bond donors (Lipinski definition) is 0. The van der Waals surface area contributed by atoms with E-state index in [1.54, 1.807) is 19.1 Å². The Kier molecular flexibility index (Phi) is 5.57. The van der Waals surface area contributed by atoms with Gasteiger partial charge < -0.3 is 9.26 Å². The molecule has 0 bridgehead atoms. The number of imide groups is 1. The first-order chi connectivity index (χ1) is 11.3. The predicted octanol–water partition coefficient (Wildman–Crippen LogP) is 2.16. The van der Waals surface area contributed by atoms with Crippen LogP contribution in [0.4, 0.5) is 0 Å². The van der Waals surface area contributed by atoms with E-state index in [0.717, 1.165) is 4.90 Å². The topological polar surface area (TPSA) is 90.0 Å². The highest BCUT2D eigenvalue weighted by Crippen LogP contribution is 2.43. The lowest BCUT2D eigenvalue weighted by Crippen LogP contribution is -2.45. The number of rotatable bonds is 7. The molecule has 2 rings (SSSR count). The maximum atomic E-state index is 12.5. The zero-order valence-electron chi connectivity index (χ0n) is 13.9. The SMILES string of the molecule is CCOP(C)(=O)CCC(C(=O)OC)N1C(=O)c2ccccc2C1=O. The summed E-state index contributed by atoms with van der Waals surface area (Å²) in [5.74, 6) is -1.82. The summed E-state index contributed by atoms with van der Waals surface area (Å²) >= 11 is 0. The van der Waals surface area contributed by atoms with E-state index < -0.39 is 31.2 Å². The maximum Gasteiger partial charge on any atom is 0.329 e. The van der Waals surface area contributed by atoms with E-state index in [-0.39, 0.29) is 30.3 Å². The molecule has 0 spiro atoms. The predicted molar refractivity (Wildman–Crippen MR) is 87.4 cm³/mol. The van der Waals surface area contributed by atoms with Crippen molar-refractivity contribution in [1.29, 1.82) is 0 Å². The average molecular weight is 353 g/mol. The quantitative estimate of drug-likeness (QED) is 0.424. The van der Waals surface area contributed by atoms with Crippen molar-refractivity contribution in [1.82, 2.24) is 4.90 Å². The highest BCUT2D eigenvalue weighted by molar-refractivity contribution is 7.58. The standard InChI is InChI=1S/C16H20NO6P/c1-4-23-24(3,21)10-9-13(16(20)22-2)17-14(18)11-7-5-6-8-12(11)15(17)19/h5-8,13H,4,9-10H2,1-3H3. The van der Waals surface area contributed by atoms with E-state index in [0.29, 0.717) is 0 Å². The Balaban J connectivity index is 2.27. The van der Waals surface area contributed by atoms with Crippen molar-refractivity contribution in [2.45, 2.75) is 19.4 Å². The molecule has 1 heterocycles. The highest BCUT2D eigenvalue weighted by Gasteiger charge is 2.43. The summed E-state index contributed by atoms with van der Waals surface area (Å²) in [7, 11) is -1.72. The van der Waals surface area contributed by atoms with Crippen LogP contribution in [0.1, 0.15) is 34.1 Å². The Hall–Kier alpha value is -1.98. The minimum Gasteiger partial charge on any atom is -0.467 e. The fraction of sp³-hybridized carbons (Fsp3) is 0.438. The molecular formula is C16H20NO6P. The van der Waals surface area contributed by atoms with Gasteiger partial charge in [-0.1, -0.05) is 12.1 Å². The molecule has 1 aromatic rings. The fourth-order valence-corrected chi connectivity index (χ4v) is 4.06. The Labute approximate surface area is 140 Å². The van der Waals surface area contributed by atoms with Gasteiger partial charge in [0, 0.05) is 12.8 Å². The lowest BCUT2D eigenvalue weighted by atomic mass is 10.1. The molecule has 24 heavy (non-hydrogen) atoms. The molecule has 1 aliphatic heterocycles. The molecule has 0 aromatic heterocycles. The molecule has 0 N–H and O–H groups in total. The van der Waals surface area contributed by atoms with Gasteiger partial charge in [-0.15, -0.1) is 0 Å². The van der Waals surface area contributed by atoms with Crippen LogP contribution in [0.15, 0.2) is 24.3 Å². The number of ether oxygens (including phenoxy) is 1. The Morgan fingerprint density at radius 1 is 1.21 bits per heavy atom. The third-order valence-corrected chi connectivity index (χ3v) is 5.70. The Morgan fingerprint density at radius 3 is 2.21 bits per heavy atom. The molecule has 2 unspecified atom stereocenters. The summed E-state index contributed by atoms with van der Waals surface area (Å²) in [6.45, 7) is 3.47. The van der Waals surface area contributed by atoms with Crippen molar-refractivity contribution < 1.29 is 28.2 Å². The van der Waals surface area contributed by atoms with Gasteiger partial charge in [-0.3, -0.25) is 19.1 Å². The van der Waals surface area contributed by atoms with Crippen LogP contribution in [0.2, 0.25) is 0 Å². The average Bonchev–Trinajstić information content (AvgIpc) is 2.80. The van der Waals surface area contributed by atoms with E-state index in [4.69, 9.17) is 9.26 Å². The summed E-state index contributed by atoms with van der Waals surface area (Å²) < 4.78 is 22.2. The third-order valence-electron chi connectivity index (χ3n) is 3.82. The lowest BCUT2D eigenvalue weighted by Gasteiger charge is -2.25. The van der Waals surface area contributed by atoms with Crippen LogP contribution >= 0.6 is 7.37 Å². The van der Waals surface area contributed by atoms with Crippen molar-refractivity contribution in [3.8, 4) is 0 Å². The van der Waals surface area contributed by atoms with Gasteiger partial charge in [0.25, 0.3) is 11.8 Å². The first-order valence-electron chi connectivity index (χ1n) is 7.58. The van der Waals surface area contributed by atoms with Gasteiger partial charge >= 0.3 is 5.97 Å². The van der Waals surface area contributed by atoms with Gasteiger partial charge in [-0.2, -0.15) is 0 Å². The summed E-state index contributed by atoms with van der Waals surface area (Å²) in [5, 5.41) is 0. The number of benzene rings is 1. The van der Waals surface area contributed by atoms with Crippen molar-refractivity contribution >= 4 is 25.2 Å². The summed E-state index contributed by atoms with van der Waals surface area (Å²) in [6, 6.07) is 5.24. The molecule has 8 heteroatoms. The van der Waals surface area contributed by atoms with Crippen molar-refractivity contribution in [2.75, 3.05) is 26.5 Å². The van der Waals surface area contributed by atoms with Crippen LogP contribution in [0.3, 0.4) is 0 Å². The molecule has 7 nitrogen and oxygen atoms in total. The second kappa shape index (κ2) is 7.28. The van der Waals surface area contributed by atoms with Crippen LogP contribution < -0.4 is 0 Å². The van der Waals surface area contributed by atoms with Gasteiger partial charge in [0.2, 0.25) is 0 Å². The monoisotopic (exact) mass is 353 g/mol. The van der Waals surface area contributed by atoms with Crippen LogP contribution in [0, 0.1) is 0 Å². The molecular weight excluding hydrogens is 333 g/mol. The van der Waals surface area contributed by atoms with E-state index >= 15 is 0 Å². The van der Waals surface area contributed by atoms with Crippen LogP contribution in [0.25, 0.3) is 0 Å². The van der Waals surface area contributed by atoms with Crippen LogP contribution in [-0.4, -0.2) is 55.3 Å². The normalized spacial score (nSPS) is 17.4. The number of esters is 1. The third kappa shape index (κ3) is 3.57. The lowest BCUT2D eigenvalue weighted by molar-refractivity contribution is -0.145. The summed E-state index contributed by atoms with van der Waals surface area (Å²) in [4.78, 5) is 38.0. The zero-order chi connectivity index (χ0) is 17.9. The fourth-order valence-electron chi connectivity index (χ4n) is 2.67. The summed E-state index contributed by atoms with van der Waals surface area (Å²) in [5.41, 5.74) is 0.502. The van der Waals surface area contributed by atoms with E-state index in [1.807, 2.05) is 0 Å². The van der Waals surface area contributed by atoms with E-state index in [1.165, 1.54) is 25.9 Å². The van der Waals surface area contributed by atoms with Gasteiger partial charge in [-0.25, -0.2) is 4.79 Å². The molecule has 1 aromatic carbocycles. The van der Waals surface area contributed by atoms with E-state index in [9.17, 15) is 18.9 Å². The first-order valence-corrected chi connectivity index (χ1v) is 9.84. The maximum absolute atomic E-state index is 12.5. The Bertz CT molecular complexity index is 681. The minimum atomic E-state index is -2.91. The molecule has 130 valence electrons. The van der Waals surface area contributed by atoms with Crippen molar-refractivity contribution in [3.63, 3.8) is 0 Å². The van der Waals surface area contributed by atoms with Gasteiger partial charge in [0.05, 0.1) is 24.8 Å². The number of nitrogens with zero attached hydrogens (tertiary/aromatic N) is 1. The van der Waals surface area contributed by atoms with Crippen LogP contribution in [0.5, 0.6) is 0 Å². The number of carbonyl (C=O) groups excluding carboxylic acids is 3. The molecule has 0 fully saturated rings. The van der Waals surface area contributed by atoms with Crippen molar-refractivity contribution in [2.24, 2.45) is 0 Å². The van der Waals surface area contributed by atoms with Crippen LogP contribution in [-0.2, 0) is 18.6 Å². The summed E-state index contributed by atoms with van der Waals surface area (Å²) in [6.07, 6.45) is 0.0833. The molecule has 2 amide bonds. The Morgan fingerprint density at radius 2 is 1.75 bits per heavy atom. The highest BCUT2D eigenvalue weighted by atomic mass is 31.2. The number of amides is 2. The van der Waals surface area contributed by atoms with Crippen molar-refractivity contribution in [3.05, 3.63) is 35.4 Å². The number of carbonyl (C=O) groups is 3. The zero-order valence-corrected chi connectivity index (χ0v) is 14.7. The van der Waals surface area contributed by atoms with Gasteiger partial charge in [0.1, 0.15) is 6.04 Å². The molecule has 2 atom stereocenters. The number of methoxy groups -OCH3 is 1. The van der Waals surface area contributed by atoms with Gasteiger partial charge in [-0.05, 0) is 25.5 Å². The minimum absolute atomic E-state index is 0.0198. The van der Waals surface area contributed by atoms with Gasteiger partial charge in [0.15, 0.2) is 7.37 Å².